The molecule has 112 valence electrons. The molecule has 0 saturated carbocycles. The van der Waals surface area contributed by atoms with E-state index in [2.05, 4.69) is 48.5 Å². The van der Waals surface area contributed by atoms with Crippen molar-refractivity contribution in [2.75, 3.05) is 0 Å². The highest BCUT2D eigenvalue weighted by molar-refractivity contribution is 7.99. The number of nitrogens with zero attached hydrogens (tertiary/aromatic N) is 1. The van der Waals surface area contributed by atoms with Gasteiger partial charge in [-0.25, -0.2) is 4.98 Å². The van der Waals surface area contributed by atoms with E-state index < -0.39 is 0 Å². The number of hydrogen-bond donors (Lipinski definition) is 0. The van der Waals surface area contributed by atoms with Gasteiger partial charge in [-0.3, -0.25) is 0 Å². The fourth-order valence-corrected chi connectivity index (χ4v) is 4.72. The van der Waals surface area contributed by atoms with E-state index in [4.69, 9.17) is 9.40 Å². The Balaban J connectivity index is 1.91. The molecule has 0 saturated heterocycles. The molecule has 1 aliphatic heterocycles. The van der Waals surface area contributed by atoms with E-state index in [-0.39, 0.29) is 0 Å². The van der Waals surface area contributed by atoms with Crippen molar-refractivity contribution in [3.8, 4) is 11.3 Å². The Hall–Kier alpha value is -2.78. The Morgan fingerprint density at radius 2 is 1.54 bits per heavy atom. The summed E-state index contributed by atoms with van der Waals surface area (Å²) in [6, 6.07) is 23.0. The molecule has 0 fully saturated rings. The zero-order chi connectivity index (χ0) is 15.7. The van der Waals surface area contributed by atoms with Gasteiger partial charge < -0.3 is 4.42 Å². The van der Waals surface area contributed by atoms with Gasteiger partial charge in [-0.15, -0.1) is 0 Å². The van der Waals surface area contributed by atoms with Crippen LogP contribution in [0.2, 0.25) is 0 Å². The molecule has 3 aromatic carbocycles. The lowest BCUT2D eigenvalue weighted by Gasteiger charge is -2.19. The van der Waals surface area contributed by atoms with Gasteiger partial charge in [-0.2, -0.15) is 0 Å². The van der Waals surface area contributed by atoms with E-state index in [1.807, 2.05) is 30.0 Å². The highest BCUT2D eigenvalue weighted by Crippen LogP contribution is 2.49. The lowest BCUT2D eigenvalue weighted by Crippen LogP contribution is -1.95. The minimum Gasteiger partial charge on any atom is -0.454 e. The predicted octanol–water partition coefficient (Wildman–Crippen LogP) is 6.27. The Labute approximate surface area is 142 Å². The third-order valence-corrected chi connectivity index (χ3v) is 5.80. The number of benzene rings is 3. The molecule has 0 aliphatic carbocycles. The van der Waals surface area contributed by atoms with Crippen LogP contribution in [-0.2, 0) is 0 Å². The predicted molar refractivity (Wildman–Crippen MR) is 98.6 cm³/mol. The fraction of sp³-hybridized carbons (Fsp3) is 0. The fourth-order valence-electron chi connectivity index (χ4n) is 3.61. The first-order chi connectivity index (χ1) is 11.9. The van der Waals surface area contributed by atoms with Crippen molar-refractivity contribution in [2.24, 2.45) is 0 Å². The first kappa shape index (κ1) is 12.6. The van der Waals surface area contributed by atoms with Crippen LogP contribution in [0.25, 0.3) is 44.1 Å². The summed E-state index contributed by atoms with van der Waals surface area (Å²) in [6.07, 6.45) is 0. The number of fused-ring (bicyclic) bond motifs is 6. The van der Waals surface area contributed by atoms with Gasteiger partial charge in [0.15, 0.2) is 5.58 Å². The number of aromatic nitrogens is 1. The summed E-state index contributed by atoms with van der Waals surface area (Å²) in [5.41, 5.74) is 5.00. The highest BCUT2D eigenvalue weighted by Gasteiger charge is 2.23. The van der Waals surface area contributed by atoms with Crippen molar-refractivity contribution in [3.63, 3.8) is 0 Å². The summed E-state index contributed by atoms with van der Waals surface area (Å²) in [6.45, 7) is 0. The van der Waals surface area contributed by atoms with E-state index in [1.54, 1.807) is 0 Å². The van der Waals surface area contributed by atoms with E-state index in [1.165, 1.54) is 20.7 Å². The average Bonchev–Trinajstić information content (AvgIpc) is 3.01. The van der Waals surface area contributed by atoms with Crippen LogP contribution in [0.3, 0.4) is 0 Å². The summed E-state index contributed by atoms with van der Waals surface area (Å²) < 4.78 is 6.16. The van der Waals surface area contributed by atoms with Crippen LogP contribution in [0.1, 0.15) is 0 Å². The van der Waals surface area contributed by atoms with Gasteiger partial charge in [-0.05, 0) is 24.3 Å². The normalized spacial score (nSPS) is 12.8. The third kappa shape index (κ3) is 1.50. The third-order valence-electron chi connectivity index (χ3n) is 4.66. The molecule has 2 aromatic heterocycles. The topological polar surface area (TPSA) is 26.0 Å². The van der Waals surface area contributed by atoms with Crippen molar-refractivity contribution in [2.45, 2.75) is 9.79 Å². The largest absolute Gasteiger partial charge is 0.454 e. The van der Waals surface area contributed by atoms with Gasteiger partial charge >= 0.3 is 0 Å². The standard InChI is InChI=1S/C21H11NOS/c1-3-9-15-12(6-1)20-21(23-15)14-8-5-11-17-18(14)19(22-20)13-7-2-4-10-16(13)24-17/h1-11H. The number of furan rings is 1. The van der Waals surface area contributed by atoms with Crippen molar-refractivity contribution >= 4 is 44.6 Å². The van der Waals surface area contributed by atoms with Crippen molar-refractivity contribution in [1.82, 2.24) is 4.98 Å². The smallest absolute Gasteiger partial charge is 0.161 e. The molecular formula is C21H11NOS. The summed E-state index contributed by atoms with van der Waals surface area (Å²) in [5.74, 6) is 0. The maximum atomic E-state index is 6.16. The minimum absolute atomic E-state index is 0.886. The maximum absolute atomic E-state index is 6.16. The minimum atomic E-state index is 0.886. The van der Waals surface area contributed by atoms with Crippen LogP contribution >= 0.6 is 11.8 Å². The van der Waals surface area contributed by atoms with E-state index in [9.17, 15) is 0 Å². The van der Waals surface area contributed by atoms with Gasteiger partial charge in [0.05, 0.1) is 5.69 Å². The molecule has 6 rings (SSSR count). The molecule has 24 heavy (non-hydrogen) atoms. The zero-order valence-corrected chi connectivity index (χ0v) is 13.4. The first-order valence-electron chi connectivity index (χ1n) is 7.91. The lowest BCUT2D eigenvalue weighted by molar-refractivity contribution is 0.672. The molecule has 0 N–H and O–H groups in total. The zero-order valence-electron chi connectivity index (χ0n) is 12.6. The summed E-state index contributed by atoms with van der Waals surface area (Å²) in [4.78, 5) is 7.56. The Kier molecular flexibility index (Phi) is 2.31. The molecule has 2 nitrogen and oxygen atoms in total. The molecule has 0 amide bonds. The average molecular weight is 325 g/mol. The van der Waals surface area contributed by atoms with Gasteiger partial charge in [0.25, 0.3) is 0 Å². The monoisotopic (exact) mass is 325 g/mol. The second-order valence-corrected chi connectivity index (χ2v) is 7.10. The Bertz CT molecular complexity index is 1290. The van der Waals surface area contributed by atoms with E-state index in [0.717, 1.165) is 33.1 Å². The van der Waals surface area contributed by atoms with Crippen molar-refractivity contribution < 1.29 is 4.42 Å². The number of rotatable bonds is 0. The van der Waals surface area contributed by atoms with Crippen LogP contribution < -0.4 is 0 Å². The van der Waals surface area contributed by atoms with Crippen LogP contribution in [0, 0.1) is 0 Å². The van der Waals surface area contributed by atoms with Gasteiger partial charge in [0.2, 0.25) is 0 Å². The van der Waals surface area contributed by atoms with Crippen molar-refractivity contribution in [1.29, 1.82) is 0 Å². The van der Waals surface area contributed by atoms with Gasteiger partial charge in [0.1, 0.15) is 11.1 Å². The molecule has 0 radical (unpaired) electrons. The summed E-state index contributed by atoms with van der Waals surface area (Å²) in [7, 11) is 0. The molecule has 0 unspecified atom stereocenters. The molecule has 0 bridgehead atoms. The number of pyridine rings is 1. The Morgan fingerprint density at radius 3 is 2.54 bits per heavy atom. The van der Waals surface area contributed by atoms with Crippen LogP contribution in [0.4, 0.5) is 0 Å². The highest BCUT2D eigenvalue weighted by atomic mass is 32.2. The second kappa shape index (κ2) is 4.40. The summed E-state index contributed by atoms with van der Waals surface area (Å²) >= 11 is 1.81. The van der Waals surface area contributed by atoms with Crippen LogP contribution in [0.15, 0.2) is 80.9 Å². The molecule has 0 atom stereocenters. The Morgan fingerprint density at radius 1 is 0.750 bits per heavy atom. The summed E-state index contributed by atoms with van der Waals surface area (Å²) in [5, 5.41) is 3.42. The lowest BCUT2D eigenvalue weighted by atomic mass is 10.0. The quantitative estimate of drug-likeness (QED) is 0.329. The number of para-hydroxylation sites is 1. The molecule has 1 aliphatic rings. The second-order valence-electron chi connectivity index (χ2n) is 6.01. The maximum Gasteiger partial charge on any atom is 0.161 e. The molecule has 3 heteroatoms. The molecule has 0 spiro atoms. The van der Waals surface area contributed by atoms with Crippen LogP contribution in [-0.4, -0.2) is 4.98 Å². The van der Waals surface area contributed by atoms with E-state index in [0.29, 0.717) is 0 Å². The first-order valence-corrected chi connectivity index (χ1v) is 8.73. The van der Waals surface area contributed by atoms with Gasteiger partial charge in [0, 0.05) is 31.5 Å². The van der Waals surface area contributed by atoms with Crippen LogP contribution in [0.5, 0.6) is 0 Å². The molecular weight excluding hydrogens is 314 g/mol. The molecule has 5 aromatic rings. The van der Waals surface area contributed by atoms with Gasteiger partial charge in [-0.1, -0.05) is 54.2 Å². The van der Waals surface area contributed by atoms with E-state index >= 15 is 0 Å². The number of hydrogen-bond acceptors (Lipinski definition) is 3. The van der Waals surface area contributed by atoms with Crippen molar-refractivity contribution in [3.05, 3.63) is 66.7 Å². The molecule has 3 heterocycles. The SMILES string of the molecule is c1ccc2c(c1)Sc1cccc3c1c-2nc1c2ccccc2oc31.